The first-order chi connectivity index (χ1) is 13.5. The van der Waals surface area contributed by atoms with E-state index in [2.05, 4.69) is 21.8 Å². The van der Waals surface area contributed by atoms with Crippen LogP contribution in [0.4, 0.5) is 8.78 Å². The van der Waals surface area contributed by atoms with E-state index in [-0.39, 0.29) is 11.7 Å². The van der Waals surface area contributed by atoms with Crippen LogP contribution in [0.2, 0.25) is 0 Å². The molecule has 1 fully saturated rings. The van der Waals surface area contributed by atoms with E-state index < -0.39 is 6.61 Å². The Morgan fingerprint density at radius 2 is 1.75 bits per heavy atom. The summed E-state index contributed by atoms with van der Waals surface area (Å²) in [5, 5.41) is 0. The van der Waals surface area contributed by atoms with Crippen molar-refractivity contribution in [3.63, 3.8) is 0 Å². The largest absolute Gasteiger partial charge is 0.494 e. The van der Waals surface area contributed by atoms with Crippen molar-refractivity contribution in [1.29, 1.82) is 0 Å². The molecule has 0 atom stereocenters. The summed E-state index contributed by atoms with van der Waals surface area (Å²) in [7, 11) is 0. The number of carbonyl (C=O) groups excluding carboxylic acids is 1. The van der Waals surface area contributed by atoms with E-state index in [0.29, 0.717) is 25.3 Å². The lowest BCUT2D eigenvalue weighted by molar-refractivity contribution is -0.0499. The lowest BCUT2D eigenvalue weighted by Crippen LogP contribution is -2.48. The predicted molar refractivity (Wildman–Crippen MR) is 102 cm³/mol. The first-order valence-electron chi connectivity index (χ1n) is 9.33. The third kappa shape index (κ3) is 5.42. The number of nitrogens with zero attached hydrogens (tertiary/aromatic N) is 2. The second-order valence-electron chi connectivity index (χ2n) is 6.55. The Kier molecular flexibility index (Phi) is 6.81. The number of ether oxygens (including phenoxy) is 2. The van der Waals surface area contributed by atoms with Crippen molar-refractivity contribution in [2.45, 2.75) is 20.1 Å². The second kappa shape index (κ2) is 9.50. The molecule has 0 N–H and O–H groups in total. The Hall–Kier alpha value is -2.67. The van der Waals surface area contributed by atoms with Gasteiger partial charge in [0.25, 0.3) is 5.91 Å². The number of hydrogen-bond donors (Lipinski definition) is 0. The van der Waals surface area contributed by atoms with Gasteiger partial charge in [-0.25, -0.2) is 0 Å². The highest BCUT2D eigenvalue weighted by Gasteiger charge is 2.22. The van der Waals surface area contributed by atoms with E-state index in [1.807, 2.05) is 19.1 Å². The van der Waals surface area contributed by atoms with E-state index in [1.165, 1.54) is 17.7 Å². The first kappa shape index (κ1) is 20.1. The third-order valence-electron chi connectivity index (χ3n) is 4.61. The fraction of sp³-hybridized carbons (Fsp3) is 0.381. The lowest BCUT2D eigenvalue weighted by Gasteiger charge is -2.34. The number of benzene rings is 2. The molecule has 0 aromatic heterocycles. The van der Waals surface area contributed by atoms with Gasteiger partial charge in [0.2, 0.25) is 0 Å². The molecule has 0 spiro atoms. The summed E-state index contributed by atoms with van der Waals surface area (Å²) in [6, 6.07) is 14.0. The molecule has 3 rings (SSSR count). The third-order valence-corrected chi connectivity index (χ3v) is 4.61. The molecule has 1 saturated heterocycles. The number of piperazine rings is 1. The van der Waals surface area contributed by atoms with Crippen molar-refractivity contribution in [1.82, 2.24) is 9.80 Å². The molecule has 28 heavy (non-hydrogen) atoms. The maximum absolute atomic E-state index is 12.7. The Balaban J connectivity index is 1.52. The van der Waals surface area contributed by atoms with Gasteiger partial charge in [0, 0.05) is 38.3 Å². The molecule has 5 nitrogen and oxygen atoms in total. The Labute approximate surface area is 163 Å². The lowest BCUT2D eigenvalue weighted by atomic mass is 10.1. The number of halogens is 2. The van der Waals surface area contributed by atoms with Crippen LogP contribution in [0.5, 0.6) is 11.5 Å². The van der Waals surface area contributed by atoms with Crippen molar-refractivity contribution in [3.8, 4) is 11.5 Å². The summed E-state index contributed by atoms with van der Waals surface area (Å²) in [6.07, 6.45) is 0. The molecule has 1 aliphatic rings. The van der Waals surface area contributed by atoms with E-state index in [1.54, 1.807) is 17.0 Å². The van der Waals surface area contributed by atoms with Gasteiger partial charge in [-0.2, -0.15) is 8.78 Å². The van der Waals surface area contributed by atoms with Gasteiger partial charge in [-0.3, -0.25) is 9.69 Å². The highest BCUT2D eigenvalue weighted by atomic mass is 19.3. The highest BCUT2D eigenvalue weighted by molar-refractivity contribution is 5.94. The van der Waals surface area contributed by atoms with Gasteiger partial charge in [-0.05, 0) is 42.8 Å². The average molecular weight is 390 g/mol. The topological polar surface area (TPSA) is 42.0 Å². The molecule has 2 aromatic rings. The molecular weight excluding hydrogens is 366 g/mol. The maximum atomic E-state index is 12.7. The number of carbonyl (C=O) groups is 1. The summed E-state index contributed by atoms with van der Waals surface area (Å²) in [5.74, 6) is 0.690. The minimum atomic E-state index is -2.91. The monoisotopic (exact) mass is 390 g/mol. The Bertz CT molecular complexity index is 775. The summed E-state index contributed by atoms with van der Waals surface area (Å²) >= 11 is 0. The van der Waals surface area contributed by atoms with Gasteiger partial charge < -0.3 is 14.4 Å². The van der Waals surface area contributed by atoms with Crippen molar-refractivity contribution in [2.75, 3.05) is 32.8 Å². The molecule has 1 aliphatic heterocycles. The quantitative estimate of drug-likeness (QED) is 0.724. The average Bonchev–Trinajstić information content (AvgIpc) is 2.69. The van der Waals surface area contributed by atoms with Crippen LogP contribution in [0.3, 0.4) is 0 Å². The standard InChI is InChI=1S/C21H24F2N2O3/c1-2-27-18-8-6-16(7-9-18)15-24-10-12-25(13-11-24)20(26)17-4-3-5-19(14-17)28-21(22)23/h3-9,14,21H,2,10-13,15H2,1H3. The van der Waals surface area contributed by atoms with Crippen molar-refractivity contribution >= 4 is 5.91 Å². The number of hydrogen-bond acceptors (Lipinski definition) is 4. The molecule has 2 aromatic carbocycles. The molecule has 7 heteroatoms. The molecule has 1 heterocycles. The molecular formula is C21H24F2N2O3. The normalized spacial score (nSPS) is 14.9. The zero-order valence-electron chi connectivity index (χ0n) is 15.8. The van der Waals surface area contributed by atoms with E-state index in [4.69, 9.17) is 4.74 Å². The predicted octanol–water partition coefficient (Wildman–Crippen LogP) is 3.64. The van der Waals surface area contributed by atoms with Crippen LogP contribution in [0.25, 0.3) is 0 Å². The fourth-order valence-corrected chi connectivity index (χ4v) is 3.21. The van der Waals surface area contributed by atoms with Gasteiger partial charge in [0.15, 0.2) is 0 Å². The van der Waals surface area contributed by atoms with Crippen LogP contribution < -0.4 is 9.47 Å². The summed E-state index contributed by atoms with van der Waals surface area (Å²) in [6.45, 7) is 3.20. The van der Waals surface area contributed by atoms with Crippen molar-refractivity contribution in [2.24, 2.45) is 0 Å². The van der Waals surface area contributed by atoms with Crippen LogP contribution in [-0.2, 0) is 6.54 Å². The smallest absolute Gasteiger partial charge is 0.387 e. The van der Waals surface area contributed by atoms with Crippen molar-refractivity contribution in [3.05, 3.63) is 59.7 Å². The van der Waals surface area contributed by atoms with Crippen LogP contribution in [0.1, 0.15) is 22.8 Å². The van der Waals surface area contributed by atoms with E-state index in [0.717, 1.165) is 25.4 Å². The summed E-state index contributed by atoms with van der Waals surface area (Å²) < 4.78 is 34.6. The number of amides is 1. The van der Waals surface area contributed by atoms with Crippen LogP contribution >= 0.6 is 0 Å². The fourth-order valence-electron chi connectivity index (χ4n) is 3.21. The molecule has 0 aliphatic carbocycles. The van der Waals surface area contributed by atoms with Crippen molar-refractivity contribution < 1.29 is 23.0 Å². The summed E-state index contributed by atoms with van der Waals surface area (Å²) in [4.78, 5) is 16.7. The van der Waals surface area contributed by atoms with Crippen LogP contribution in [0, 0.1) is 0 Å². The Morgan fingerprint density at radius 3 is 2.39 bits per heavy atom. The number of rotatable bonds is 7. The van der Waals surface area contributed by atoms with Gasteiger partial charge in [-0.1, -0.05) is 18.2 Å². The van der Waals surface area contributed by atoms with E-state index in [9.17, 15) is 13.6 Å². The minimum absolute atomic E-state index is 0.00464. The second-order valence-corrected chi connectivity index (χ2v) is 6.55. The minimum Gasteiger partial charge on any atom is -0.494 e. The molecule has 1 amide bonds. The number of alkyl halides is 2. The van der Waals surface area contributed by atoms with E-state index >= 15 is 0 Å². The molecule has 150 valence electrons. The Morgan fingerprint density at radius 1 is 1.04 bits per heavy atom. The van der Waals surface area contributed by atoms with Gasteiger partial charge in [0.05, 0.1) is 6.61 Å². The molecule has 0 saturated carbocycles. The molecule has 0 radical (unpaired) electrons. The summed E-state index contributed by atoms with van der Waals surface area (Å²) in [5.41, 5.74) is 1.55. The van der Waals surface area contributed by atoms with Gasteiger partial charge in [-0.15, -0.1) is 0 Å². The zero-order chi connectivity index (χ0) is 19.9. The molecule has 0 unspecified atom stereocenters. The first-order valence-corrected chi connectivity index (χ1v) is 9.33. The highest BCUT2D eigenvalue weighted by Crippen LogP contribution is 2.19. The molecule has 0 bridgehead atoms. The van der Waals surface area contributed by atoms with Crippen LogP contribution in [0.15, 0.2) is 48.5 Å². The SMILES string of the molecule is CCOc1ccc(CN2CCN(C(=O)c3cccc(OC(F)F)c3)CC2)cc1. The van der Waals surface area contributed by atoms with Gasteiger partial charge >= 0.3 is 6.61 Å². The zero-order valence-corrected chi connectivity index (χ0v) is 15.8. The van der Waals surface area contributed by atoms with Gasteiger partial charge in [0.1, 0.15) is 11.5 Å². The van der Waals surface area contributed by atoms with Crippen LogP contribution in [-0.4, -0.2) is 55.1 Å². The maximum Gasteiger partial charge on any atom is 0.387 e.